The van der Waals surface area contributed by atoms with Gasteiger partial charge in [-0.1, -0.05) is 23.2 Å². The van der Waals surface area contributed by atoms with E-state index in [-0.39, 0.29) is 40.1 Å². The average molecular weight is 627 g/mol. The van der Waals surface area contributed by atoms with Crippen LogP contribution in [0.25, 0.3) is 5.69 Å². The number of ether oxygens (including phenoxy) is 1. The summed E-state index contributed by atoms with van der Waals surface area (Å²) in [5, 5.41) is 12.4. The highest BCUT2D eigenvalue weighted by molar-refractivity contribution is 7.91. The van der Waals surface area contributed by atoms with Gasteiger partial charge in [0.25, 0.3) is 12.0 Å². The second-order valence-corrected chi connectivity index (χ2v) is 13.4. The maximum absolute atomic E-state index is 13.1. The van der Waals surface area contributed by atoms with Crippen molar-refractivity contribution in [1.82, 2.24) is 19.5 Å². The van der Waals surface area contributed by atoms with E-state index in [0.29, 0.717) is 4.68 Å². The van der Waals surface area contributed by atoms with Crippen LogP contribution >= 0.6 is 23.2 Å². The lowest BCUT2D eigenvalue weighted by atomic mass is 9.93. The predicted octanol–water partition coefficient (Wildman–Crippen LogP) is 2.52. The fourth-order valence-corrected chi connectivity index (χ4v) is 6.77. The molecular formula is C21H18Cl2F2N4O8S2. The summed E-state index contributed by atoms with van der Waals surface area (Å²) in [5.74, 6) is -0.961. The predicted molar refractivity (Wildman–Crippen MR) is 136 cm³/mol. The third-order valence-corrected chi connectivity index (χ3v) is 9.46. The molecule has 1 aliphatic rings. The summed E-state index contributed by atoms with van der Waals surface area (Å²) in [6.45, 7) is 0. The molecule has 1 heterocycles. The Morgan fingerprint density at radius 1 is 1.13 bits per heavy atom. The number of aromatic nitrogens is 3. The van der Waals surface area contributed by atoms with Crippen LogP contribution in [0.5, 0.6) is 17.2 Å². The molecular weight excluding hydrogens is 609 g/mol. The fourth-order valence-electron chi connectivity index (χ4n) is 3.68. The number of hydrogen-bond acceptors (Lipinski definition) is 9. The largest absolute Gasteiger partial charge is 0.507 e. The summed E-state index contributed by atoms with van der Waals surface area (Å²) in [5.41, 5.74) is -3.89. The van der Waals surface area contributed by atoms with Crippen LogP contribution in [-0.4, -0.2) is 54.3 Å². The molecule has 210 valence electrons. The Kier molecular flexibility index (Phi) is 7.79. The van der Waals surface area contributed by atoms with Gasteiger partial charge in [-0.3, -0.25) is 9.78 Å². The molecule has 3 aromatic rings. The summed E-state index contributed by atoms with van der Waals surface area (Å²) in [6.07, 6.45) is -2.04. The fraction of sp³-hybridized carbons (Fsp3) is 0.286. The third kappa shape index (κ3) is 6.09. The molecule has 1 saturated carbocycles. The van der Waals surface area contributed by atoms with Crippen molar-refractivity contribution in [2.45, 2.75) is 35.5 Å². The van der Waals surface area contributed by atoms with Crippen molar-refractivity contribution in [3.05, 3.63) is 66.9 Å². The van der Waals surface area contributed by atoms with Gasteiger partial charge in [0.1, 0.15) is 26.2 Å². The van der Waals surface area contributed by atoms with Crippen molar-refractivity contribution in [3.63, 3.8) is 0 Å². The van der Waals surface area contributed by atoms with Crippen LogP contribution in [0.2, 0.25) is 10.0 Å². The number of aromatic amines is 1. The molecule has 1 aliphatic carbocycles. The molecule has 4 rings (SSSR count). The van der Waals surface area contributed by atoms with Gasteiger partial charge < -0.3 is 9.84 Å². The highest BCUT2D eigenvalue weighted by Crippen LogP contribution is 2.40. The van der Waals surface area contributed by atoms with Gasteiger partial charge in [0, 0.05) is 18.4 Å². The first-order valence-corrected chi connectivity index (χ1v) is 15.0. The summed E-state index contributed by atoms with van der Waals surface area (Å²) in [7, 11) is -7.60. The van der Waals surface area contributed by atoms with Crippen molar-refractivity contribution in [2.24, 2.45) is 0 Å². The maximum atomic E-state index is 13.1. The topological polar surface area (TPSA) is 178 Å². The number of sulfone groups is 1. The number of rotatable bonds is 8. The lowest BCUT2D eigenvalue weighted by molar-refractivity contribution is 0.141. The van der Waals surface area contributed by atoms with E-state index in [4.69, 9.17) is 27.9 Å². The molecule has 0 spiro atoms. The summed E-state index contributed by atoms with van der Waals surface area (Å²) in [4.78, 5) is 24.8. The molecule has 0 aliphatic heterocycles. The zero-order chi connectivity index (χ0) is 28.9. The van der Waals surface area contributed by atoms with Crippen LogP contribution < -0.4 is 20.7 Å². The van der Waals surface area contributed by atoms with Gasteiger partial charge in [-0.25, -0.2) is 35.1 Å². The minimum Gasteiger partial charge on any atom is -0.507 e. The van der Waals surface area contributed by atoms with Gasteiger partial charge in [-0.05, 0) is 37.1 Å². The van der Waals surface area contributed by atoms with E-state index in [1.807, 2.05) is 0 Å². The summed E-state index contributed by atoms with van der Waals surface area (Å²) in [6, 6.07) is 4.74. The van der Waals surface area contributed by atoms with Crippen LogP contribution in [0.1, 0.15) is 25.0 Å². The highest BCUT2D eigenvalue weighted by Gasteiger charge is 2.39. The number of phenolic OH excluding ortho intramolecular Hbond substituents is 1. The van der Waals surface area contributed by atoms with Crippen molar-refractivity contribution in [3.8, 4) is 22.9 Å². The smallest absolute Gasteiger partial charge is 0.349 e. The van der Waals surface area contributed by atoms with E-state index in [1.165, 1.54) is 6.07 Å². The molecule has 0 unspecified atom stereocenters. The standard InChI is InChI=1S/C21H18Cl2F2N4O8S2/c1-38(33,34)12-4-9(5-12)28-39(35,36)16-8-11(2-3-15(16)30)37-18-13(22)6-10(7-14(18)23)29-21(32)26-20(31)17(27-29)19(24)25/h2-3,6-9,12,19,28,30H,4-5H2,1H3,(H,26,31,32)/t9-,12-. The first-order chi connectivity index (χ1) is 18.1. The van der Waals surface area contributed by atoms with Crippen LogP contribution in [0, 0.1) is 0 Å². The number of aromatic hydroxyl groups is 1. The van der Waals surface area contributed by atoms with E-state index >= 15 is 0 Å². The molecule has 0 atom stereocenters. The minimum absolute atomic E-state index is 0.0820. The number of alkyl halides is 2. The molecule has 3 N–H and O–H groups in total. The van der Waals surface area contributed by atoms with Gasteiger partial charge in [0.15, 0.2) is 11.4 Å². The summed E-state index contributed by atoms with van der Waals surface area (Å²) >= 11 is 12.5. The van der Waals surface area contributed by atoms with Crippen LogP contribution in [-0.2, 0) is 19.9 Å². The number of halogens is 4. The van der Waals surface area contributed by atoms with Crippen molar-refractivity contribution in [2.75, 3.05) is 6.26 Å². The van der Waals surface area contributed by atoms with Crippen LogP contribution in [0.15, 0.2) is 44.8 Å². The number of nitrogens with zero attached hydrogens (tertiary/aromatic N) is 2. The Morgan fingerprint density at radius 3 is 2.31 bits per heavy atom. The first kappa shape index (κ1) is 28.9. The number of H-pyrrole nitrogens is 1. The molecule has 12 nitrogen and oxygen atoms in total. The Hall–Kier alpha value is -3.05. The zero-order valence-electron chi connectivity index (χ0n) is 19.6. The van der Waals surface area contributed by atoms with Gasteiger partial charge in [-0.15, -0.1) is 0 Å². The molecule has 39 heavy (non-hydrogen) atoms. The molecule has 1 fully saturated rings. The minimum atomic E-state index is -4.29. The molecule has 18 heteroatoms. The highest BCUT2D eigenvalue weighted by atomic mass is 35.5. The number of benzene rings is 2. The van der Waals surface area contributed by atoms with Crippen LogP contribution in [0.4, 0.5) is 8.78 Å². The molecule has 1 aromatic heterocycles. The van der Waals surface area contributed by atoms with E-state index < -0.39 is 65.2 Å². The van der Waals surface area contributed by atoms with Gasteiger partial charge >= 0.3 is 5.69 Å². The number of hydrogen-bond donors (Lipinski definition) is 3. The van der Waals surface area contributed by atoms with Gasteiger partial charge in [0.2, 0.25) is 10.0 Å². The second-order valence-electron chi connectivity index (χ2n) is 8.57. The molecule has 0 radical (unpaired) electrons. The van der Waals surface area contributed by atoms with Crippen LogP contribution in [0.3, 0.4) is 0 Å². The van der Waals surface area contributed by atoms with E-state index in [2.05, 4.69) is 9.82 Å². The monoisotopic (exact) mass is 626 g/mol. The van der Waals surface area contributed by atoms with Crippen molar-refractivity contribution in [1.29, 1.82) is 0 Å². The van der Waals surface area contributed by atoms with Gasteiger partial charge in [0.05, 0.1) is 21.0 Å². The first-order valence-electron chi connectivity index (χ1n) is 10.8. The van der Waals surface area contributed by atoms with E-state index in [9.17, 15) is 40.3 Å². The molecule has 0 bridgehead atoms. The number of phenols is 1. The second kappa shape index (κ2) is 10.5. The van der Waals surface area contributed by atoms with Crippen molar-refractivity contribution < 1.29 is 35.5 Å². The van der Waals surface area contributed by atoms with E-state index in [1.54, 1.807) is 4.98 Å². The Morgan fingerprint density at radius 2 is 1.74 bits per heavy atom. The van der Waals surface area contributed by atoms with Gasteiger partial charge in [-0.2, -0.15) is 9.78 Å². The molecule has 0 amide bonds. The summed E-state index contributed by atoms with van der Waals surface area (Å²) < 4.78 is 83.4. The quantitative estimate of drug-likeness (QED) is 0.339. The maximum Gasteiger partial charge on any atom is 0.349 e. The Labute approximate surface area is 229 Å². The molecule has 0 saturated heterocycles. The lowest BCUT2D eigenvalue weighted by Crippen LogP contribution is -2.49. The Bertz CT molecular complexity index is 1770. The Balaban J connectivity index is 1.61. The zero-order valence-corrected chi connectivity index (χ0v) is 22.7. The average Bonchev–Trinajstić information content (AvgIpc) is 2.78. The van der Waals surface area contributed by atoms with E-state index in [0.717, 1.165) is 30.5 Å². The third-order valence-electron chi connectivity index (χ3n) is 5.75. The normalized spacial score (nSPS) is 17.7. The number of sulfonamides is 1. The lowest BCUT2D eigenvalue weighted by Gasteiger charge is -2.34. The number of nitrogens with one attached hydrogen (secondary N) is 2. The SMILES string of the molecule is CS(=O)(=O)[C@H]1C[C@H](NS(=O)(=O)c2cc(Oc3c(Cl)cc(-n4nc(C(F)F)c(=O)[nH]c4=O)cc3Cl)ccc2O)C1. The van der Waals surface area contributed by atoms with Crippen molar-refractivity contribution >= 4 is 43.1 Å². The molecule has 2 aromatic carbocycles.